The number of aryl methyl sites for hydroxylation is 1. The molecule has 0 amide bonds. The van der Waals surface area contributed by atoms with Crippen LogP contribution in [0, 0.1) is 0 Å². The normalized spacial score (nSPS) is 10.9. The molecule has 0 aliphatic heterocycles. The van der Waals surface area contributed by atoms with Gasteiger partial charge in [-0.2, -0.15) is 0 Å². The van der Waals surface area contributed by atoms with Crippen LogP contribution in [0.4, 0.5) is 0 Å². The summed E-state index contributed by atoms with van der Waals surface area (Å²) in [6.45, 7) is 2.21. The van der Waals surface area contributed by atoms with E-state index in [1.165, 1.54) is 34.8 Å². The zero-order valence-corrected chi connectivity index (χ0v) is 14.6. The largest absolute Gasteiger partial charge is 1.00 e. The molecule has 23 heavy (non-hydrogen) atoms. The van der Waals surface area contributed by atoms with Crippen LogP contribution in [-0.4, -0.2) is 30.2 Å². The van der Waals surface area contributed by atoms with Gasteiger partial charge in [0.2, 0.25) is 0 Å². The lowest BCUT2D eigenvalue weighted by Gasteiger charge is -2.11. The van der Waals surface area contributed by atoms with Crippen LogP contribution in [0.2, 0.25) is 0 Å². The highest BCUT2D eigenvalue weighted by Gasteiger charge is 2.11. The molecule has 1 heterocycles. The summed E-state index contributed by atoms with van der Waals surface area (Å²) in [4.78, 5) is 6.36. The minimum atomic E-state index is 0. The topological polar surface area (TPSA) is 22.3 Å². The number of fused-ring (bicyclic) bond motifs is 1. The summed E-state index contributed by atoms with van der Waals surface area (Å²) in [5, 5.41) is 0. The number of nitrogens with one attached hydrogen (secondary N) is 1. The van der Waals surface area contributed by atoms with Crippen molar-refractivity contribution in [3.05, 3.63) is 66.0 Å². The number of para-hydroxylation sites is 2. The number of nitrogens with zero attached hydrogens (tertiary/aromatic N) is 2. The summed E-state index contributed by atoms with van der Waals surface area (Å²) in [7, 11) is 4.41. The number of imidazole rings is 1. The van der Waals surface area contributed by atoms with E-state index in [0.717, 1.165) is 18.5 Å². The van der Waals surface area contributed by atoms with Crippen LogP contribution >= 0.6 is 0 Å². The number of benzene rings is 2. The highest BCUT2D eigenvalue weighted by Crippen LogP contribution is 2.18. The highest BCUT2D eigenvalue weighted by molar-refractivity contribution is 5.76. The first-order chi connectivity index (χ1) is 10.7. The van der Waals surface area contributed by atoms with Gasteiger partial charge in [0.1, 0.15) is 5.82 Å². The molecule has 3 nitrogen and oxygen atoms in total. The van der Waals surface area contributed by atoms with Gasteiger partial charge in [-0.05, 0) is 17.7 Å². The quantitative estimate of drug-likeness (QED) is 0.626. The van der Waals surface area contributed by atoms with Crippen molar-refractivity contribution in [2.24, 2.45) is 0 Å². The number of halogens is 1. The van der Waals surface area contributed by atoms with Crippen LogP contribution in [0.3, 0.4) is 0 Å². The van der Waals surface area contributed by atoms with Crippen LogP contribution in [0.5, 0.6) is 0 Å². The molecule has 0 saturated heterocycles. The average Bonchev–Trinajstić information content (AvgIpc) is 2.86. The molecule has 0 unspecified atom stereocenters. The smallest absolute Gasteiger partial charge is 0.114 e. The van der Waals surface area contributed by atoms with Crippen molar-refractivity contribution in [3.8, 4) is 0 Å². The minimum absolute atomic E-state index is 0. The van der Waals surface area contributed by atoms with E-state index in [9.17, 15) is 0 Å². The van der Waals surface area contributed by atoms with Crippen molar-refractivity contribution in [2.75, 3.05) is 20.6 Å². The van der Waals surface area contributed by atoms with Crippen LogP contribution in [-0.2, 0) is 13.0 Å². The van der Waals surface area contributed by atoms with Crippen molar-refractivity contribution in [2.45, 2.75) is 19.4 Å². The first-order valence-corrected chi connectivity index (χ1v) is 8.01. The summed E-state index contributed by atoms with van der Waals surface area (Å²) >= 11 is 0. The Balaban J connectivity index is 0.00000192. The number of aromatic nitrogens is 2. The Morgan fingerprint density at radius 1 is 0.957 bits per heavy atom. The Labute approximate surface area is 144 Å². The number of rotatable bonds is 6. The maximum Gasteiger partial charge on any atom is 0.114 e. The molecule has 0 atom stereocenters. The predicted molar refractivity (Wildman–Crippen MR) is 91.3 cm³/mol. The van der Waals surface area contributed by atoms with Crippen LogP contribution in [0.15, 0.2) is 54.6 Å². The SMILES string of the molecule is C[NH+](C)CCCn1c(Cc2ccccc2)nc2ccccc21.[Cl-]. The van der Waals surface area contributed by atoms with Gasteiger partial charge in [0, 0.05) is 19.4 Å². The molecule has 0 spiro atoms. The van der Waals surface area contributed by atoms with Crippen molar-refractivity contribution in [1.82, 2.24) is 9.55 Å². The molecule has 122 valence electrons. The molecule has 3 rings (SSSR count). The lowest BCUT2D eigenvalue weighted by molar-refractivity contribution is -0.858. The Bertz CT molecular complexity index is 735. The van der Waals surface area contributed by atoms with E-state index < -0.39 is 0 Å². The van der Waals surface area contributed by atoms with E-state index in [1.807, 2.05) is 0 Å². The van der Waals surface area contributed by atoms with Crippen LogP contribution in [0.25, 0.3) is 11.0 Å². The molecule has 0 saturated carbocycles. The summed E-state index contributed by atoms with van der Waals surface area (Å²) in [5.74, 6) is 1.17. The van der Waals surface area contributed by atoms with Crippen molar-refractivity contribution in [1.29, 1.82) is 0 Å². The van der Waals surface area contributed by atoms with Crippen molar-refractivity contribution in [3.63, 3.8) is 0 Å². The zero-order chi connectivity index (χ0) is 15.4. The van der Waals surface area contributed by atoms with E-state index in [-0.39, 0.29) is 12.4 Å². The first kappa shape index (κ1) is 17.5. The second-order valence-corrected chi connectivity index (χ2v) is 6.14. The summed E-state index contributed by atoms with van der Waals surface area (Å²) < 4.78 is 2.39. The Hall–Kier alpha value is -1.84. The average molecular weight is 330 g/mol. The van der Waals surface area contributed by atoms with E-state index in [0.29, 0.717) is 0 Å². The molecule has 0 fully saturated rings. The summed E-state index contributed by atoms with van der Waals surface area (Å²) in [6, 6.07) is 19.1. The first-order valence-electron chi connectivity index (χ1n) is 8.01. The Morgan fingerprint density at radius 3 is 2.39 bits per heavy atom. The molecule has 0 bridgehead atoms. The minimum Gasteiger partial charge on any atom is -1.00 e. The van der Waals surface area contributed by atoms with Gasteiger partial charge in [-0.15, -0.1) is 0 Å². The second kappa shape index (κ2) is 8.14. The number of hydrogen-bond acceptors (Lipinski definition) is 1. The fourth-order valence-electron chi connectivity index (χ4n) is 2.88. The molecular formula is C19H24ClN3. The zero-order valence-electron chi connectivity index (χ0n) is 13.8. The summed E-state index contributed by atoms with van der Waals surface area (Å²) in [5.41, 5.74) is 3.67. The molecule has 0 aliphatic carbocycles. The second-order valence-electron chi connectivity index (χ2n) is 6.14. The van der Waals surface area contributed by atoms with E-state index in [4.69, 9.17) is 4.98 Å². The summed E-state index contributed by atoms with van der Waals surface area (Å²) in [6.07, 6.45) is 2.06. The van der Waals surface area contributed by atoms with Gasteiger partial charge in [-0.3, -0.25) is 0 Å². The fourth-order valence-corrected chi connectivity index (χ4v) is 2.88. The molecular weight excluding hydrogens is 306 g/mol. The molecule has 0 aliphatic rings. The molecule has 0 radical (unpaired) electrons. The maximum atomic E-state index is 4.86. The van der Waals surface area contributed by atoms with Gasteiger partial charge in [-0.1, -0.05) is 42.5 Å². The van der Waals surface area contributed by atoms with Gasteiger partial charge >= 0.3 is 0 Å². The third kappa shape index (κ3) is 4.34. The van der Waals surface area contributed by atoms with Gasteiger partial charge in [0.25, 0.3) is 0 Å². The Kier molecular flexibility index (Phi) is 6.20. The molecule has 4 heteroatoms. The van der Waals surface area contributed by atoms with Crippen molar-refractivity contribution < 1.29 is 17.3 Å². The maximum absolute atomic E-state index is 4.86. The predicted octanol–water partition coefficient (Wildman–Crippen LogP) is -0.834. The number of quaternary nitrogens is 1. The third-order valence-electron chi connectivity index (χ3n) is 4.00. The lowest BCUT2D eigenvalue weighted by Crippen LogP contribution is -3.05. The van der Waals surface area contributed by atoms with Gasteiger partial charge < -0.3 is 21.9 Å². The van der Waals surface area contributed by atoms with E-state index in [1.54, 1.807) is 0 Å². The molecule has 3 aromatic rings. The highest BCUT2D eigenvalue weighted by atomic mass is 35.5. The molecule has 1 aromatic heterocycles. The molecule has 1 N–H and O–H groups in total. The number of hydrogen-bond donors (Lipinski definition) is 1. The van der Waals surface area contributed by atoms with Crippen LogP contribution < -0.4 is 17.3 Å². The van der Waals surface area contributed by atoms with Gasteiger partial charge in [-0.25, -0.2) is 4.98 Å². The van der Waals surface area contributed by atoms with E-state index in [2.05, 4.69) is 73.3 Å². The van der Waals surface area contributed by atoms with Gasteiger partial charge in [0.15, 0.2) is 0 Å². The monoisotopic (exact) mass is 329 g/mol. The van der Waals surface area contributed by atoms with E-state index >= 15 is 0 Å². The Morgan fingerprint density at radius 2 is 1.65 bits per heavy atom. The third-order valence-corrected chi connectivity index (χ3v) is 4.00. The van der Waals surface area contributed by atoms with Gasteiger partial charge in [0.05, 0.1) is 31.7 Å². The van der Waals surface area contributed by atoms with Crippen molar-refractivity contribution >= 4 is 11.0 Å². The standard InChI is InChI=1S/C19H23N3.ClH/c1-21(2)13-8-14-22-18-12-7-6-11-17(18)20-19(22)15-16-9-4-3-5-10-16;/h3-7,9-12H,8,13-15H2,1-2H3;1H. The molecule has 2 aromatic carbocycles. The lowest BCUT2D eigenvalue weighted by atomic mass is 10.1. The van der Waals surface area contributed by atoms with Crippen LogP contribution in [0.1, 0.15) is 17.8 Å². The fraction of sp³-hybridized carbons (Fsp3) is 0.316.